The van der Waals surface area contributed by atoms with Gasteiger partial charge in [0.2, 0.25) is 0 Å². The van der Waals surface area contributed by atoms with Crippen LogP contribution >= 0.6 is 0 Å². The molecule has 0 heterocycles. The molecule has 0 radical (unpaired) electrons. The summed E-state index contributed by atoms with van der Waals surface area (Å²) < 4.78 is 43.5. The van der Waals surface area contributed by atoms with Crippen LogP contribution in [0.1, 0.15) is 26.3 Å². The maximum absolute atomic E-state index is 12.9. The molecule has 0 atom stereocenters. The molecule has 0 bridgehead atoms. The summed E-state index contributed by atoms with van der Waals surface area (Å²) in [6.07, 6.45) is -6.15. The molecule has 1 aromatic carbocycles. The molecule has 22 heavy (non-hydrogen) atoms. The number of carbonyl (C=O) groups is 1. The highest BCUT2D eigenvalue weighted by molar-refractivity contribution is 5.68. The van der Waals surface area contributed by atoms with Gasteiger partial charge in [-0.25, -0.2) is 9.69 Å². The summed E-state index contributed by atoms with van der Waals surface area (Å²) >= 11 is 0. The summed E-state index contributed by atoms with van der Waals surface area (Å²) in [5.74, 6) is 0. The van der Waals surface area contributed by atoms with E-state index in [2.05, 4.69) is 5.32 Å². The van der Waals surface area contributed by atoms with Crippen LogP contribution < -0.4 is 5.32 Å². The van der Waals surface area contributed by atoms with Crippen molar-refractivity contribution in [3.8, 4) is 0 Å². The number of rotatable bonds is 5. The smallest absolute Gasteiger partial charge is 0.444 e. The second-order valence-corrected chi connectivity index (χ2v) is 5.76. The number of ether oxygens (including phenoxy) is 1. The van der Waals surface area contributed by atoms with Crippen molar-refractivity contribution in [3.63, 3.8) is 0 Å². The Morgan fingerprint density at radius 1 is 1.18 bits per heavy atom. The first-order chi connectivity index (χ1) is 10.1. The molecule has 0 unspecified atom stereocenters. The molecular weight excluding hydrogens is 297 g/mol. The van der Waals surface area contributed by atoms with E-state index in [4.69, 9.17) is 4.74 Å². The van der Waals surface area contributed by atoms with Crippen LogP contribution in [0.3, 0.4) is 0 Å². The lowest BCUT2D eigenvalue weighted by Gasteiger charge is -2.28. The van der Waals surface area contributed by atoms with Gasteiger partial charge in [-0.15, -0.1) is 13.2 Å². The summed E-state index contributed by atoms with van der Waals surface area (Å²) in [4.78, 5) is 11.4. The van der Waals surface area contributed by atoms with E-state index >= 15 is 0 Å². The van der Waals surface area contributed by atoms with E-state index in [0.717, 1.165) is 5.56 Å². The Morgan fingerprint density at radius 3 is 2.27 bits per heavy atom. The first-order valence-electron chi connectivity index (χ1n) is 6.91. The SMILES string of the molecule is CC(C)(C)OC(=O)N(CCNCc1ccccc1)C(F)(F)F. The molecule has 0 spiro atoms. The molecule has 0 saturated heterocycles. The number of hydrogen-bond donors (Lipinski definition) is 1. The molecule has 0 saturated carbocycles. The summed E-state index contributed by atoms with van der Waals surface area (Å²) in [7, 11) is 0. The third kappa shape index (κ3) is 6.80. The van der Waals surface area contributed by atoms with Crippen molar-refractivity contribution in [2.45, 2.75) is 39.2 Å². The molecule has 1 rings (SSSR count). The molecule has 0 aliphatic rings. The van der Waals surface area contributed by atoms with E-state index in [0.29, 0.717) is 6.54 Å². The first-order valence-corrected chi connectivity index (χ1v) is 6.91. The van der Waals surface area contributed by atoms with Crippen LogP contribution in [0.25, 0.3) is 0 Å². The summed E-state index contributed by atoms with van der Waals surface area (Å²) in [6, 6.07) is 9.28. The second kappa shape index (κ2) is 7.49. The minimum Gasteiger partial charge on any atom is -0.444 e. The molecule has 4 nitrogen and oxygen atoms in total. The number of carbonyl (C=O) groups excluding carboxylic acids is 1. The zero-order chi connectivity index (χ0) is 16.8. The van der Waals surface area contributed by atoms with Gasteiger partial charge in [-0.05, 0) is 26.3 Å². The van der Waals surface area contributed by atoms with Gasteiger partial charge >= 0.3 is 12.4 Å². The van der Waals surface area contributed by atoms with E-state index in [-0.39, 0.29) is 11.4 Å². The zero-order valence-electron chi connectivity index (χ0n) is 12.9. The van der Waals surface area contributed by atoms with E-state index in [1.54, 1.807) is 0 Å². The quantitative estimate of drug-likeness (QED) is 0.667. The van der Waals surface area contributed by atoms with Crippen molar-refractivity contribution < 1.29 is 22.7 Å². The summed E-state index contributed by atoms with van der Waals surface area (Å²) in [5, 5.41) is 2.87. The van der Waals surface area contributed by atoms with Crippen molar-refractivity contribution in [1.29, 1.82) is 0 Å². The van der Waals surface area contributed by atoms with Crippen molar-refractivity contribution in [1.82, 2.24) is 10.2 Å². The number of halogens is 3. The number of hydrogen-bond acceptors (Lipinski definition) is 3. The van der Waals surface area contributed by atoms with E-state index < -0.39 is 24.5 Å². The highest BCUT2D eigenvalue weighted by Gasteiger charge is 2.42. The van der Waals surface area contributed by atoms with Crippen LogP contribution in [-0.4, -0.2) is 36.0 Å². The Kier molecular flexibility index (Phi) is 6.22. The number of nitrogens with one attached hydrogen (secondary N) is 1. The maximum Gasteiger partial charge on any atom is 0.489 e. The number of benzene rings is 1. The van der Waals surface area contributed by atoms with Crippen molar-refractivity contribution in [3.05, 3.63) is 35.9 Å². The number of nitrogens with zero attached hydrogens (tertiary/aromatic N) is 1. The predicted octanol–water partition coefficient (Wildman–Crippen LogP) is 3.53. The summed E-state index contributed by atoms with van der Waals surface area (Å²) in [5.41, 5.74) is -0.0174. The lowest BCUT2D eigenvalue weighted by Crippen LogP contribution is -2.48. The Hall–Kier alpha value is -1.76. The lowest BCUT2D eigenvalue weighted by molar-refractivity contribution is -0.232. The second-order valence-electron chi connectivity index (χ2n) is 5.76. The molecule has 7 heteroatoms. The van der Waals surface area contributed by atoms with Crippen LogP contribution in [0.15, 0.2) is 30.3 Å². The molecule has 1 amide bonds. The van der Waals surface area contributed by atoms with Crippen molar-refractivity contribution in [2.24, 2.45) is 0 Å². The standard InChI is InChI=1S/C15H21F3N2O2/c1-14(2,3)22-13(21)20(15(16,17)18)10-9-19-11-12-7-5-4-6-8-12/h4-8,19H,9-11H2,1-3H3. The molecule has 0 fully saturated rings. The Bertz CT molecular complexity index is 470. The zero-order valence-corrected chi connectivity index (χ0v) is 12.9. The van der Waals surface area contributed by atoms with Crippen LogP contribution in [-0.2, 0) is 11.3 Å². The van der Waals surface area contributed by atoms with E-state index in [9.17, 15) is 18.0 Å². The third-order valence-corrected chi connectivity index (χ3v) is 2.60. The van der Waals surface area contributed by atoms with E-state index in [1.165, 1.54) is 20.8 Å². The largest absolute Gasteiger partial charge is 0.489 e. The highest BCUT2D eigenvalue weighted by Crippen LogP contribution is 2.23. The van der Waals surface area contributed by atoms with Gasteiger partial charge in [0.15, 0.2) is 0 Å². The highest BCUT2D eigenvalue weighted by atomic mass is 19.4. The van der Waals surface area contributed by atoms with Gasteiger partial charge in [0.25, 0.3) is 0 Å². The fourth-order valence-corrected chi connectivity index (χ4v) is 1.66. The average molecular weight is 318 g/mol. The third-order valence-electron chi connectivity index (χ3n) is 2.60. The van der Waals surface area contributed by atoms with Gasteiger partial charge in [0.1, 0.15) is 5.60 Å². The fraction of sp³-hybridized carbons (Fsp3) is 0.533. The van der Waals surface area contributed by atoms with Gasteiger partial charge in [-0.2, -0.15) is 0 Å². The summed E-state index contributed by atoms with van der Waals surface area (Å²) in [6.45, 7) is 4.49. The van der Waals surface area contributed by atoms with Crippen LogP contribution in [0.4, 0.5) is 18.0 Å². The normalized spacial score (nSPS) is 12.1. The van der Waals surface area contributed by atoms with Crippen molar-refractivity contribution >= 4 is 6.09 Å². The van der Waals surface area contributed by atoms with E-state index in [1.807, 2.05) is 30.3 Å². The van der Waals surface area contributed by atoms with Gasteiger partial charge in [-0.3, -0.25) is 0 Å². The molecule has 1 aromatic rings. The molecule has 0 aliphatic heterocycles. The molecule has 0 aliphatic carbocycles. The minimum atomic E-state index is -4.77. The van der Waals surface area contributed by atoms with Gasteiger partial charge in [0.05, 0.1) is 0 Å². The lowest BCUT2D eigenvalue weighted by atomic mass is 10.2. The number of alkyl halides is 3. The van der Waals surface area contributed by atoms with Gasteiger partial charge in [-0.1, -0.05) is 30.3 Å². The monoisotopic (exact) mass is 318 g/mol. The Labute approximate surface area is 128 Å². The molecule has 1 N–H and O–H groups in total. The fourth-order valence-electron chi connectivity index (χ4n) is 1.66. The maximum atomic E-state index is 12.9. The van der Waals surface area contributed by atoms with Gasteiger partial charge < -0.3 is 10.1 Å². The number of amides is 1. The molecule has 0 aromatic heterocycles. The topological polar surface area (TPSA) is 41.6 Å². The van der Waals surface area contributed by atoms with Crippen LogP contribution in [0, 0.1) is 0 Å². The Balaban J connectivity index is 2.50. The molecule has 124 valence electrons. The average Bonchev–Trinajstić information content (AvgIpc) is 2.36. The first kappa shape index (κ1) is 18.3. The van der Waals surface area contributed by atoms with Crippen LogP contribution in [0.2, 0.25) is 0 Å². The predicted molar refractivity (Wildman–Crippen MR) is 77.1 cm³/mol. The minimum absolute atomic E-state index is 0.00759. The van der Waals surface area contributed by atoms with Crippen LogP contribution in [0.5, 0.6) is 0 Å². The molecular formula is C15H21F3N2O2. The van der Waals surface area contributed by atoms with Gasteiger partial charge in [0, 0.05) is 19.6 Å². The van der Waals surface area contributed by atoms with Crippen molar-refractivity contribution in [2.75, 3.05) is 13.1 Å². The Morgan fingerprint density at radius 2 is 1.77 bits per heavy atom.